The lowest BCUT2D eigenvalue weighted by atomic mass is 10.0. The minimum Gasteiger partial charge on any atom is -0.394 e. The summed E-state index contributed by atoms with van der Waals surface area (Å²) < 4.78 is 0. The number of nitrogens with one attached hydrogen (secondary N) is 1. The first kappa shape index (κ1) is 56.1. The molecule has 0 aromatic carbocycles. The molecule has 5 nitrogen and oxygen atoms in total. The van der Waals surface area contributed by atoms with Crippen molar-refractivity contribution in [3.63, 3.8) is 0 Å². The average Bonchev–Trinajstić information content (AvgIpc) is 3.20. The molecule has 0 aliphatic rings. The maximum atomic E-state index is 12.5. The molecule has 0 saturated heterocycles. The van der Waals surface area contributed by atoms with E-state index in [9.17, 15) is 20.1 Å². The number of aliphatic hydroxyl groups excluding tert-OH is 3. The van der Waals surface area contributed by atoms with Gasteiger partial charge < -0.3 is 20.6 Å². The lowest BCUT2D eigenvalue weighted by Gasteiger charge is -2.23. The van der Waals surface area contributed by atoms with Crippen molar-refractivity contribution in [1.29, 1.82) is 0 Å². The molecule has 57 heavy (non-hydrogen) atoms. The molecule has 5 heteroatoms. The highest BCUT2D eigenvalue weighted by Crippen LogP contribution is 2.17. The first-order valence-electron chi connectivity index (χ1n) is 26.0. The Bertz CT molecular complexity index is 803. The molecule has 0 heterocycles. The zero-order chi connectivity index (χ0) is 41.5. The Kier molecular flexibility index (Phi) is 47.0. The molecule has 4 N–H and O–H groups in total. The predicted octanol–water partition coefficient (Wildman–Crippen LogP) is 15.6. The molecule has 3 atom stereocenters. The molecule has 0 fully saturated rings. The fraction of sp³-hybridized carbons (Fsp3) is 0.942. The van der Waals surface area contributed by atoms with Crippen molar-refractivity contribution in [3.05, 3.63) is 12.2 Å². The molecule has 3 unspecified atom stereocenters. The summed E-state index contributed by atoms with van der Waals surface area (Å²) in [6, 6.07) is -0.656. The van der Waals surface area contributed by atoms with E-state index >= 15 is 0 Å². The fourth-order valence-corrected chi connectivity index (χ4v) is 8.34. The van der Waals surface area contributed by atoms with Gasteiger partial charge >= 0.3 is 0 Å². The highest BCUT2D eigenvalue weighted by atomic mass is 16.3. The average molecular weight is 806 g/mol. The Hall–Kier alpha value is -0.910. The molecule has 1 amide bonds. The summed E-state index contributed by atoms with van der Waals surface area (Å²) in [6.45, 7) is 4.29. The summed E-state index contributed by atoms with van der Waals surface area (Å²) in [5.41, 5.74) is 0. The quantitative estimate of drug-likeness (QED) is 0.0364. The van der Waals surface area contributed by atoms with E-state index in [0.717, 1.165) is 25.7 Å². The minimum atomic E-state index is -0.747. The van der Waals surface area contributed by atoms with Crippen molar-refractivity contribution in [2.45, 2.75) is 308 Å². The molecule has 0 saturated carbocycles. The standard InChI is InChI=1S/C52H103NO4/c1-3-5-7-9-11-13-15-17-19-21-22-23-24-25-26-27-28-29-30-31-33-35-37-39-41-43-45-49(55)47-52(57)53-50(48-54)51(56)46-44-42-40-38-36-34-32-20-18-16-14-12-10-8-6-4-2/h25-26,49-51,54-56H,3-24,27-48H2,1-2H3,(H,53,57)/b26-25-. The molecule has 0 bridgehead atoms. The van der Waals surface area contributed by atoms with Crippen molar-refractivity contribution in [1.82, 2.24) is 5.32 Å². The van der Waals surface area contributed by atoms with Gasteiger partial charge in [0.1, 0.15) is 0 Å². The van der Waals surface area contributed by atoms with E-state index in [1.165, 1.54) is 231 Å². The second-order valence-corrected chi connectivity index (χ2v) is 18.1. The molecule has 0 spiro atoms. The number of carbonyl (C=O) groups is 1. The summed E-state index contributed by atoms with van der Waals surface area (Å²) in [4.78, 5) is 12.5. The van der Waals surface area contributed by atoms with Crippen molar-refractivity contribution in [3.8, 4) is 0 Å². The Morgan fingerprint density at radius 3 is 1.02 bits per heavy atom. The van der Waals surface area contributed by atoms with E-state index in [2.05, 4.69) is 31.3 Å². The zero-order valence-electron chi connectivity index (χ0n) is 38.7. The number of hydrogen-bond acceptors (Lipinski definition) is 4. The van der Waals surface area contributed by atoms with Gasteiger partial charge in [0.15, 0.2) is 0 Å². The smallest absolute Gasteiger partial charge is 0.222 e. The fourth-order valence-electron chi connectivity index (χ4n) is 8.34. The van der Waals surface area contributed by atoms with Gasteiger partial charge in [-0.2, -0.15) is 0 Å². The van der Waals surface area contributed by atoms with Crippen LogP contribution in [-0.2, 0) is 4.79 Å². The van der Waals surface area contributed by atoms with E-state index in [-0.39, 0.29) is 18.9 Å². The van der Waals surface area contributed by atoms with Gasteiger partial charge in [-0.15, -0.1) is 0 Å². The maximum absolute atomic E-state index is 12.5. The van der Waals surface area contributed by atoms with Gasteiger partial charge in [-0.1, -0.05) is 257 Å². The van der Waals surface area contributed by atoms with Crippen LogP contribution >= 0.6 is 0 Å². The Balaban J connectivity index is 3.53. The van der Waals surface area contributed by atoms with Gasteiger partial charge in [-0.3, -0.25) is 4.79 Å². The SMILES string of the molecule is CCCCCCCCCCCCCC/C=C\CCCCCCCCCCCCC(O)CC(=O)NC(CO)C(O)CCCCCCCCCCCCCCCCCC. The third-order valence-electron chi connectivity index (χ3n) is 12.3. The number of rotatable bonds is 48. The lowest BCUT2D eigenvalue weighted by Crippen LogP contribution is -2.46. The van der Waals surface area contributed by atoms with Crippen molar-refractivity contribution >= 4 is 5.91 Å². The Morgan fingerprint density at radius 1 is 0.421 bits per heavy atom. The zero-order valence-corrected chi connectivity index (χ0v) is 38.7. The van der Waals surface area contributed by atoms with Gasteiger partial charge in [0.25, 0.3) is 0 Å². The van der Waals surface area contributed by atoms with Crippen LogP contribution in [0.3, 0.4) is 0 Å². The second kappa shape index (κ2) is 47.8. The highest BCUT2D eigenvalue weighted by molar-refractivity contribution is 5.76. The van der Waals surface area contributed by atoms with Crippen LogP contribution < -0.4 is 5.32 Å². The molecule has 0 aromatic rings. The number of hydrogen-bond donors (Lipinski definition) is 4. The van der Waals surface area contributed by atoms with Crippen LogP contribution in [0.25, 0.3) is 0 Å². The monoisotopic (exact) mass is 806 g/mol. The second-order valence-electron chi connectivity index (χ2n) is 18.1. The molecule has 0 rings (SSSR count). The molecule has 0 aliphatic heterocycles. The van der Waals surface area contributed by atoms with E-state index in [4.69, 9.17) is 0 Å². The first-order valence-corrected chi connectivity index (χ1v) is 26.0. The van der Waals surface area contributed by atoms with Crippen LogP contribution in [0.15, 0.2) is 12.2 Å². The summed E-state index contributed by atoms with van der Waals surface area (Å²) in [5.74, 6) is -0.279. The molecule has 0 aliphatic carbocycles. The van der Waals surface area contributed by atoms with Crippen LogP contribution in [0.2, 0.25) is 0 Å². The number of carbonyl (C=O) groups excluding carboxylic acids is 1. The van der Waals surface area contributed by atoms with Crippen LogP contribution in [0, 0.1) is 0 Å². The summed E-state index contributed by atoms with van der Waals surface area (Å²) >= 11 is 0. The molecular formula is C52H103NO4. The van der Waals surface area contributed by atoms with Gasteiger partial charge in [0.2, 0.25) is 5.91 Å². The largest absolute Gasteiger partial charge is 0.394 e. The minimum absolute atomic E-state index is 0.0392. The van der Waals surface area contributed by atoms with Crippen LogP contribution in [0.4, 0.5) is 0 Å². The highest BCUT2D eigenvalue weighted by Gasteiger charge is 2.21. The third kappa shape index (κ3) is 44.5. The Labute approximate surface area is 357 Å². The van der Waals surface area contributed by atoms with Gasteiger partial charge in [-0.25, -0.2) is 0 Å². The van der Waals surface area contributed by atoms with Crippen LogP contribution in [-0.4, -0.2) is 46.1 Å². The third-order valence-corrected chi connectivity index (χ3v) is 12.3. The predicted molar refractivity (Wildman–Crippen MR) is 250 cm³/mol. The summed E-state index contributed by atoms with van der Waals surface area (Å²) in [5, 5.41) is 33.5. The van der Waals surface area contributed by atoms with Crippen molar-refractivity contribution in [2.24, 2.45) is 0 Å². The van der Waals surface area contributed by atoms with E-state index < -0.39 is 18.2 Å². The molecule has 340 valence electrons. The van der Waals surface area contributed by atoms with Crippen molar-refractivity contribution < 1.29 is 20.1 Å². The van der Waals surface area contributed by atoms with E-state index in [1.807, 2.05) is 0 Å². The van der Waals surface area contributed by atoms with Gasteiger partial charge in [0.05, 0.1) is 31.3 Å². The number of allylic oxidation sites excluding steroid dienone is 2. The van der Waals surface area contributed by atoms with Crippen LogP contribution in [0.1, 0.15) is 290 Å². The topological polar surface area (TPSA) is 89.8 Å². The normalized spacial score (nSPS) is 13.4. The number of aliphatic hydroxyl groups is 3. The van der Waals surface area contributed by atoms with Crippen molar-refractivity contribution in [2.75, 3.05) is 6.61 Å². The molecular weight excluding hydrogens is 703 g/mol. The van der Waals surface area contributed by atoms with Gasteiger partial charge in [0, 0.05) is 0 Å². The maximum Gasteiger partial charge on any atom is 0.222 e. The molecule has 0 aromatic heterocycles. The van der Waals surface area contributed by atoms with E-state index in [1.54, 1.807) is 0 Å². The summed E-state index contributed by atoms with van der Waals surface area (Å²) in [6.07, 6.45) is 57.8. The van der Waals surface area contributed by atoms with Crippen LogP contribution in [0.5, 0.6) is 0 Å². The summed E-state index contributed by atoms with van der Waals surface area (Å²) in [7, 11) is 0. The first-order chi connectivity index (χ1) is 28.0. The van der Waals surface area contributed by atoms with Gasteiger partial charge in [-0.05, 0) is 38.5 Å². The number of unbranched alkanes of at least 4 members (excludes halogenated alkanes) is 37. The lowest BCUT2D eigenvalue weighted by molar-refractivity contribution is -0.125. The van der Waals surface area contributed by atoms with E-state index in [0.29, 0.717) is 12.8 Å². The number of amides is 1. The molecule has 0 radical (unpaired) electrons. The Morgan fingerprint density at radius 2 is 0.702 bits per heavy atom.